The number of aromatic nitrogens is 5. The molecule has 0 fully saturated rings. The summed E-state index contributed by atoms with van der Waals surface area (Å²) in [7, 11) is -3.76. The lowest BCUT2D eigenvalue weighted by molar-refractivity contribution is 0.399. The summed E-state index contributed by atoms with van der Waals surface area (Å²) in [4.78, 5) is 8.66. The second kappa shape index (κ2) is 6.44. The lowest BCUT2D eigenvalue weighted by Crippen LogP contribution is -2.33. The average molecular weight is 376 g/mol. The van der Waals surface area contributed by atoms with Crippen LogP contribution < -0.4 is 4.72 Å². The molecule has 4 rings (SSSR count). The molecule has 0 radical (unpaired) electrons. The van der Waals surface area contributed by atoms with Crippen LogP contribution in [0.3, 0.4) is 0 Å². The number of pyridine rings is 1. The predicted octanol–water partition coefficient (Wildman–Crippen LogP) is 1.75. The Bertz CT molecular complexity index is 1060. The molecule has 1 atom stereocenters. The molecule has 9 nitrogen and oxygen atoms in total. The maximum atomic E-state index is 12.9. The standard InChI is InChI=1S/C16H20N6O3S/c1-3-12-11-8-10(9-17-16(11)25-20-12)26(23,24)21-13-6-5-7-22-15(13)18-14(4-2)19-22/h8-9,13,21H,3-7H2,1-2H3. The van der Waals surface area contributed by atoms with Crippen molar-refractivity contribution in [3.8, 4) is 0 Å². The molecule has 10 heteroatoms. The van der Waals surface area contributed by atoms with Crippen LogP contribution >= 0.6 is 0 Å². The van der Waals surface area contributed by atoms with E-state index in [-0.39, 0.29) is 4.90 Å². The Hall–Kier alpha value is -2.33. The van der Waals surface area contributed by atoms with Crippen molar-refractivity contribution in [3.63, 3.8) is 0 Å². The summed E-state index contributed by atoms with van der Waals surface area (Å²) in [6.45, 7) is 4.66. The molecular formula is C16H20N6O3S. The van der Waals surface area contributed by atoms with Crippen molar-refractivity contribution in [3.05, 3.63) is 29.6 Å². The molecule has 0 aromatic carbocycles. The second-order valence-corrected chi connectivity index (χ2v) is 8.00. The minimum atomic E-state index is -3.76. The summed E-state index contributed by atoms with van der Waals surface area (Å²) in [5.41, 5.74) is 1.03. The minimum absolute atomic E-state index is 0.0928. The largest absolute Gasteiger partial charge is 0.336 e. The summed E-state index contributed by atoms with van der Waals surface area (Å²) >= 11 is 0. The molecule has 3 aromatic rings. The van der Waals surface area contributed by atoms with Gasteiger partial charge in [0.05, 0.1) is 23.3 Å². The normalized spacial score (nSPS) is 17.5. The number of nitrogens with one attached hydrogen (secondary N) is 1. The monoisotopic (exact) mass is 376 g/mol. The maximum Gasteiger partial charge on any atom is 0.258 e. The zero-order valence-corrected chi connectivity index (χ0v) is 15.5. The van der Waals surface area contributed by atoms with Crippen molar-refractivity contribution in [1.29, 1.82) is 0 Å². The molecule has 0 amide bonds. The highest BCUT2D eigenvalue weighted by molar-refractivity contribution is 7.89. The minimum Gasteiger partial charge on any atom is -0.336 e. The van der Waals surface area contributed by atoms with Crippen LogP contribution in [0, 0.1) is 0 Å². The Morgan fingerprint density at radius 2 is 2.19 bits per heavy atom. The summed E-state index contributed by atoms with van der Waals surface area (Å²) in [6, 6.07) is 1.16. The van der Waals surface area contributed by atoms with E-state index in [4.69, 9.17) is 4.52 Å². The van der Waals surface area contributed by atoms with Crippen molar-refractivity contribution >= 4 is 21.1 Å². The van der Waals surface area contributed by atoms with E-state index in [0.717, 1.165) is 18.8 Å². The highest BCUT2D eigenvalue weighted by Crippen LogP contribution is 2.26. The molecule has 1 aliphatic heterocycles. The van der Waals surface area contributed by atoms with Crippen molar-refractivity contribution < 1.29 is 12.9 Å². The number of aryl methyl sites for hydroxylation is 3. The van der Waals surface area contributed by atoms with E-state index in [0.29, 0.717) is 41.9 Å². The predicted molar refractivity (Wildman–Crippen MR) is 92.9 cm³/mol. The molecule has 0 saturated heterocycles. The first-order chi connectivity index (χ1) is 12.5. The fraction of sp³-hybridized carbons (Fsp3) is 0.500. The Morgan fingerprint density at radius 3 is 2.96 bits per heavy atom. The highest BCUT2D eigenvalue weighted by atomic mass is 32.2. The van der Waals surface area contributed by atoms with Gasteiger partial charge in [-0.15, -0.1) is 0 Å². The third-order valence-electron chi connectivity index (χ3n) is 4.56. The smallest absolute Gasteiger partial charge is 0.258 e. The highest BCUT2D eigenvalue weighted by Gasteiger charge is 2.29. The van der Waals surface area contributed by atoms with Crippen molar-refractivity contribution in [2.45, 2.75) is 57.0 Å². The number of hydrogen-bond acceptors (Lipinski definition) is 7. The van der Waals surface area contributed by atoms with Crippen LogP contribution in [0.5, 0.6) is 0 Å². The molecule has 26 heavy (non-hydrogen) atoms. The van der Waals surface area contributed by atoms with Crippen LogP contribution in [0.4, 0.5) is 0 Å². The Morgan fingerprint density at radius 1 is 1.35 bits per heavy atom. The summed E-state index contributed by atoms with van der Waals surface area (Å²) < 4.78 is 35.5. The topological polar surface area (TPSA) is 116 Å². The Labute approximate surface area is 150 Å². The van der Waals surface area contributed by atoms with Gasteiger partial charge in [-0.3, -0.25) is 0 Å². The first kappa shape index (κ1) is 17.1. The van der Waals surface area contributed by atoms with Crippen molar-refractivity contribution in [2.75, 3.05) is 0 Å². The van der Waals surface area contributed by atoms with Gasteiger partial charge in [-0.1, -0.05) is 19.0 Å². The molecular weight excluding hydrogens is 356 g/mol. The van der Waals surface area contributed by atoms with Crippen molar-refractivity contribution in [2.24, 2.45) is 0 Å². The van der Waals surface area contributed by atoms with Crippen LogP contribution in [-0.4, -0.2) is 33.3 Å². The second-order valence-electron chi connectivity index (χ2n) is 6.29. The Kier molecular flexibility index (Phi) is 4.23. The fourth-order valence-corrected chi connectivity index (χ4v) is 4.38. The molecule has 1 aliphatic rings. The summed E-state index contributed by atoms with van der Waals surface area (Å²) in [6.07, 6.45) is 4.17. The van der Waals surface area contributed by atoms with Gasteiger partial charge in [-0.25, -0.2) is 27.8 Å². The van der Waals surface area contributed by atoms with E-state index in [9.17, 15) is 8.42 Å². The molecule has 4 heterocycles. The molecule has 3 aromatic heterocycles. The van der Waals surface area contributed by atoms with E-state index in [2.05, 4.69) is 24.9 Å². The van der Waals surface area contributed by atoms with Gasteiger partial charge in [-0.05, 0) is 25.3 Å². The summed E-state index contributed by atoms with van der Waals surface area (Å²) in [5.74, 6) is 1.40. The van der Waals surface area contributed by atoms with Crippen LogP contribution in [-0.2, 0) is 29.4 Å². The van der Waals surface area contributed by atoms with Gasteiger partial charge in [-0.2, -0.15) is 5.10 Å². The van der Waals surface area contributed by atoms with Gasteiger partial charge in [0.25, 0.3) is 5.71 Å². The molecule has 138 valence electrons. The number of nitrogens with zero attached hydrogens (tertiary/aromatic N) is 5. The van der Waals surface area contributed by atoms with Gasteiger partial charge >= 0.3 is 0 Å². The van der Waals surface area contributed by atoms with Crippen LogP contribution in [0.2, 0.25) is 0 Å². The quantitative estimate of drug-likeness (QED) is 0.721. The van der Waals surface area contributed by atoms with Gasteiger partial charge in [0.1, 0.15) is 10.7 Å². The summed E-state index contributed by atoms with van der Waals surface area (Å²) in [5, 5.41) is 8.96. The molecule has 1 N–H and O–H groups in total. The first-order valence-corrected chi connectivity index (χ1v) is 10.2. The molecule has 1 unspecified atom stereocenters. The SMILES string of the molecule is CCc1nc2n(n1)CCCC2NS(=O)(=O)c1cnc2onc(CC)c2c1. The number of sulfonamides is 1. The van der Waals surface area contributed by atoms with Gasteiger partial charge in [0.15, 0.2) is 5.82 Å². The van der Waals surface area contributed by atoms with Crippen LogP contribution in [0.1, 0.15) is 50.1 Å². The van der Waals surface area contributed by atoms with Gasteiger partial charge in [0.2, 0.25) is 10.0 Å². The third kappa shape index (κ3) is 2.88. The van der Waals surface area contributed by atoms with Gasteiger partial charge < -0.3 is 4.52 Å². The fourth-order valence-electron chi connectivity index (χ4n) is 3.18. The van der Waals surface area contributed by atoms with E-state index >= 15 is 0 Å². The van der Waals surface area contributed by atoms with Crippen LogP contribution in [0.15, 0.2) is 21.7 Å². The van der Waals surface area contributed by atoms with Gasteiger partial charge in [0, 0.05) is 13.0 Å². The lowest BCUT2D eigenvalue weighted by Gasteiger charge is -2.22. The van der Waals surface area contributed by atoms with E-state index in [1.807, 2.05) is 13.8 Å². The zero-order chi connectivity index (χ0) is 18.3. The van der Waals surface area contributed by atoms with E-state index in [1.165, 1.54) is 6.20 Å². The number of hydrogen-bond donors (Lipinski definition) is 1. The molecule has 0 bridgehead atoms. The molecule has 0 aliphatic carbocycles. The van der Waals surface area contributed by atoms with Crippen molar-refractivity contribution in [1.82, 2.24) is 29.6 Å². The molecule has 0 spiro atoms. The molecule has 0 saturated carbocycles. The average Bonchev–Trinajstić information content (AvgIpc) is 3.24. The lowest BCUT2D eigenvalue weighted by atomic mass is 10.1. The maximum absolute atomic E-state index is 12.9. The third-order valence-corrected chi connectivity index (χ3v) is 6.00. The van der Waals surface area contributed by atoms with Crippen LogP contribution in [0.25, 0.3) is 11.1 Å². The first-order valence-electron chi connectivity index (χ1n) is 8.72. The number of fused-ring (bicyclic) bond motifs is 2. The zero-order valence-electron chi connectivity index (χ0n) is 14.6. The van der Waals surface area contributed by atoms with E-state index < -0.39 is 16.1 Å². The van der Waals surface area contributed by atoms with E-state index in [1.54, 1.807) is 10.7 Å². The number of rotatable bonds is 5. The Balaban J connectivity index is 1.67.